The van der Waals surface area contributed by atoms with Gasteiger partial charge >= 0.3 is 0 Å². The monoisotopic (exact) mass is 494 g/mol. The van der Waals surface area contributed by atoms with Crippen molar-refractivity contribution in [3.63, 3.8) is 0 Å². The highest BCUT2D eigenvalue weighted by atomic mass is 35.5. The lowest BCUT2D eigenvalue weighted by Gasteiger charge is -2.38. The molecule has 0 spiro atoms. The Kier molecular flexibility index (Phi) is 8.67. The molecule has 2 atom stereocenters. The summed E-state index contributed by atoms with van der Waals surface area (Å²) in [5.74, 6) is -0.214. The molecule has 2 unspecified atom stereocenters. The number of aromatic nitrogens is 1. The number of piperidine rings is 1. The molecule has 172 valence electrons. The minimum atomic E-state index is -0.579. The zero-order valence-electron chi connectivity index (χ0n) is 18.2. The van der Waals surface area contributed by atoms with E-state index < -0.39 is 6.04 Å². The van der Waals surface area contributed by atoms with Crippen molar-refractivity contribution >= 4 is 52.7 Å². The van der Waals surface area contributed by atoms with Gasteiger partial charge in [-0.15, -0.1) is 12.4 Å². The number of thioether (sulfide) groups is 1. The molecule has 32 heavy (non-hydrogen) atoms. The lowest BCUT2D eigenvalue weighted by molar-refractivity contribution is -0.126. The zero-order chi connectivity index (χ0) is 22.0. The van der Waals surface area contributed by atoms with Crippen LogP contribution >= 0.6 is 35.7 Å². The molecule has 2 aliphatic rings. The van der Waals surface area contributed by atoms with Crippen LogP contribution in [0.3, 0.4) is 0 Å². The zero-order valence-corrected chi connectivity index (χ0v) is 20.6. The molecule has 0 bridgehead atoms. The number of Topliss-reactive ketones (excluding diaryl/α,β-unsaturated/α-hetero) is 1. The van der Waals surface area contributed by atoms with Crippen LogP contribution in [-0.4, -0.2) is 38.5 Å². The number of hydrogen-bond donors (Lipinski definition) is 0. The van der Waals surface area contributed by atoms with Crippen LogP contribution in [-0.2, 0) is 9.59 Å². The summed E-state index contributed by atoms with van der Waals surface area (Å²) in [5, 5.41) is 2.21. The van der Waals surface area contributed by atoms with Gasteiger partial charge in [0.15, 0.2) is 10.9 Å². The average Bonchev–Trinajstić information content (AvgIpc) is 3.48. The maximum Gasteiger partial charge on any atom is 0.192 e. The van der Waals surface area contributed by atoms with Crippen LogP contribution in [0.5, 0.6) is 0 Å². The molecule has 0 amide bonds. The number of halogens is 2. The Bertz CT molecular complexity index is 976. The molecule has 2 heterocycles. The summed E-state index contributed by atoms with van der Waals surface area (Å²) in [6.07, 6.45) is 6.42. The second-order valence-electron chi connectivity index (χ2n) is 8.62. The number of hydrogen-bond acceptors (Lipinski definition) is 6. The summed E-state index contributed by atoms with van der Waals surface area (Å²) in [5.41, 5.74) is 2.55. The van der Waals surface area contributed by atoms with Crippen LogP contribution < -0.4 is 0 Å². The fraction of sp³-hybridized carbons (Fsp3) is 0.458. The Hall–Kier alpha value is -1.54. The van der Waals surface area contributed by atoms with Crippen LogP contribution in [0, 0.1) is 17.7 Å². The molecule has 0 N–H and O–H groups in total. The maximum absolute atomic E-state index is 14.7. The first kappa shape index (κ1) is 25.1. The van der Waals surface area contributed by atoms with Crippen LogP contribution in [0.25, 0.3) is 6.08 Å². The number of carbonyl (C=O) groups excluding carboxylic acids is 2. The standard InChI is InChI=1S/C24H27FN2O2S2.ClH/c1-15(2)24(29)31-21-9-10-27(13-18(21)11-16-12-26-30-14-16)22(23(28)17-7-8-17)19-5-3-4-6-20(19)25;/h3-6,11-12,14-15,17,21-22H,7-10,13H2,1-2H3;1H/b18-11+;. The molecule has 8 heteroatoms. The quantitative estimate of drug-likeness (QED) is 0.487. The maximum atomic E-state index is 14.7. The van der Waals surface area contributed by atoms with Gasteiger partial charge in [-0.2, -0.15) is 0 Å². The predicted molar refractivity (Wildman–Crippen MR) is 132 cm³/mol. The average molecular weight is 495 g/mol. The second kappa shape index (κ2) is 11.1. The summed E-state index contributed by atoms with van der Waals surface area (Å²) < 4.78 is 18.9. The largest absolute Gasteiger partial charge is 0.297 e. The number of carbonyl (C=O) groups is 2. The lowest BCUT2D eigenvalue weighted by atomic mass is 9.93. The third-order valence-electron chi connectivity index (χ3n) is 5.83. The van der Waals surface area contributed by atoms with E-state index in [0.29, 0.717) is 18.7 Å². The smallest absolute Gasteiger partial charge is 0.192 e. The van der Waals surface area contributed by atoms with E-state index in [1.165, 1.54) is 29.4 Å². The minimum absolute atomic E-state index is 0. The summed E-state index contributed by atoms with van der Waals surface area (Å²) >= 11 is 2.77. The van der Waals surface area contributed by atoms with Crippen molar-refractivity contribution in [2.45, 2.75) is 44.4 Å². The first-order valence-corrected chi connectivity index (χ1v) is 12.5. The Morgan fingerprint density at radius 1 is 1.25 bits per heavy atom. The summed E-state index contributed by atoms with van der Waals surface area (Å²) in [7, 11) is 0. The van der Waals surface area contributed by atoms with E-state index in [0.717, 1.165) is 30.4 Å². The van der Waals surface area contributed by atoms with E-state index in [1.807, 2.05) is 25.4 Å². The van der Waals surface area contributed by atoms with Gasteiger partial charge in [0.25, 0.3) is 0 Å². The molecule has 4 rings (SSSR count). The van der Waals surface area contributed by atoms with Crippen LogP contribution in [0.2, 0.25) is 0 Å². The van der Waals surface area contributed by atoms with Gasteiger partial charge in [-0.25, -0.2) is 8.76 Å². The van der Waals surface area contributed by atoms with Gasteiger partial charge in [-0.3, -0.25) is 14.5 Å². The second-order valence-corrected chi connectivity index (χ2v) is 10.5. The van der Waals surface area contributed by atoms with Crippen molar-refractivity contribution in [2.75, 3.05) is 13.1 Å². The predicted octanol–water partition coefficient (Wildman–Crippen LogP) is 5.80. The van der Waals surface area contributed by atoms with Crippen LogP contribution in [0.15, 0.2) is 41.4 Å². The topological polar surface area (TPSA) is 50.3 Å². The molecule has 1 aromatic heterocycles. The van der Waals surface area contributed by atoms with Gasteiger partial charge in [0.05, 0.1) is 6.04 Å². The first-order valence-electron chi connectivity index (χ1n) is 10.8. The summed E-state index contributed by atoms with van der Waals surface area (Å²) in [6.45, 7) is 5.02. The normalized spacial score (nSPS) is 21.4. The highest BCUT2D eigenvalue weighted by Crippen LogP contribution is 2.41. The molecule has 1 aliphatic heterocycles. The number of benzene rings is 1. The van der Waals surface area contributed by atoms with E-state index in [4.69, 9.17) is 0 Å². The molecule has 1 aromatic carbocycles. The van der Waals surface area contributed by atoms with Gasteiger partial charge in [-0.1, -0.05) is 49.9 Å². The molecule has 2 fully saturated rings. The molecule has 4 nitrogen and oxygen atoms in total. The minimum Gasteiger partial charge on any atom is -0.297 e. The molecule has 1 saturated carbocycles. The molecule has 1 aliphatic carbocycles. The molecule has 1 saturated heterocycles. The highest BCUT2D eigenvalue weighted by molar-refractivity contribution is 8.14. The van der Waals surface area contributed by atoms with E-state index in [-0.39, 0.29) is 46.2 Å². The number of likely N-dealkylation sites (tertiary alicyclic amines) is 1. The van der Waals surface area contributed by atoms with Crippen LogP contribution in [0.1, 0.15) is 50.3 Å². The van der Waals surface area contributed by atoms with Crippen molar-refractivity contribution in [3.05, 3.63) is 58.4 Å². The van der Waals surface area contributed by atoms with Crippen molar-refractivity contribution in [1.29, 1.82) is 0 Å². The molecular formula is C24H28ClFN2O2S2. The molecular weight excluding hydrogens is 467 g/mol. The van der Waals surface area contributed by atoms with Gasteiger partial charge in [0, 0.05) is 52.9 Å². The van der Waals surface area contributed by atoms with E-state index in [1.54, 1.807) is 18.2 Å². The molecule has 0 radical (unpaired) electrons. The SMILES string of the molecule is CC(C)C(=O)SC1CCN(C(C(=O)C2CC2)c2ccccc2F)C/C1=C\c1cnsc1.Cl. The van der Waals surface area contributed by atoms with E-state index in [9.17, 15) is 14.0 Å². The third-order valence-corrected chi connectivity index (χ3v) is 7.96. The Morgan fingerprint density at radius 2 is 2.00 bits per heavy atom. The Morgan fingerprint density at radius 3 is 2.62 bits per heavy atom. The summed E-state index contributed by atoms with van der Waals surface area (Å²) in [6, 6.07) is 6.04. The van der Waals surface area contributed by atoms with Crippen molar-refractivity contribution in [2.24, 2.45) is 11.8 Å². The van der Waals surface area contributed by atoms with Crippen molar-refractivity contribution < 1.29 is 14.0 Å². The number of rotatable bonds is 7. The van der Waals surface area contributed by atoms with Crippen LogP contribution in [0.4, 0.5) is 4.39 Å². The first-order chi connectivity index (χ1) is 14.9. The van der Waals surface area contributed by atoms with Gasteiger partial charge < -0.3 is 0 Å². The van der Waals surface area contributed by atoms with E-state index >= 15 is 0 Å². The Balaban J connectivity index is 0.00000289. The fourth-order valence-electron chi connectivity index (χ4n) is 3.97. The lowest BCUT2D eigenvalue weighted by Crippen LogP contribution is -2.43. The van der Waals surface area contributed by atoms with Gasteiger partial charge in [0.2, 0.25) is 0 Å². The summed E-state index contributed by atoms with van der Waals surface area (Å²) in [4.78, 5) is 27.8. The van der Waals surface area contributed by atoms with E-state index in [2.05, 4.69) is 15.3 Å². The Labute approximate surface area is 203 Å². The third kappa shape index (κ3) is 5.87. The van der Waals surface area contributed by atoms with Gasteiger partial charge in [-0.05, 0) is 42.4 Å². The number of nitrogens with zero attached hydrogens (tertiary/aromatic N) is 2. The van der Waals surface area contributed by atoms with Crippen molar-refractivity contribution in [1.82, 2.24) is 9.27 Å². The fourth-order valence-corrected chi connectivity index (χ4v) is 5.53. The van der Waals surface area contributed by atoms with Gasteiger partial charge in [0.1, 0.15) is 5.82 Å². The number of ketones is 1. The molecule has 2 aromatic rings. The highest BCUT2D eigenvalue weighted by Gasteiger charge is 2.41. The van der Waals surface area contributed by atoms with Crippen molar-refractivity contribution in [3.8, 4) is 0 Å².